The predicted octanol–water partition coefficient (Wildman–Crippen LogP) is 3.62. The topological polar surface area (TPSA) is 56.1 Å². The van der Waals surface area contributed by atoms with Crippen LogP contribution in [-0.4, -0.2) is 23.5 Å². The summed E-state index contributed by atoms with van der Waals surface area (Å²) in [7, 11) is 0. The standard InChI is InChI=1S/C14H14F3N3O/c15-14(16,17)10-2-4-11(5-3-10)19-13(21)20(9-1-8-18)12-6-7-12/h2-5,12H,1,6-7,9H2,(H,19,21). The summed E-state index contributed by atoms with van der Waals surface area (Å²) in [5.41, 5.74) is -0.459. The number of benzene rings is 1. The van der Waals surface area contributed by atoms with Crippen molar-refractivity contribution in [2.75, 3.05) is 11.9 Å². The van der Waals surface area contributed by atoms with E-state index in [1.807, 2.05) is 6.07 Å². The van der Waals surface area contributed by atoms with Crippen molar-refractivity contribution in [2.24, 2.45) is 0 Å². The van der Waals surface area contributed by atoms with Gasteiger partial charge in [-0.05, 0) is 37.1 Å². The molecule has 21 heavy (non-hydrogen) atoms. The predicted molar refractivity (Wildman–Crippen MR) is 70.4 cm³/mol. The lowest BCUT2D eigenvalue weighted by Crippen LogP contribution is -2.37. The Balaban J connectivity index is 1.99. The molecule has 1 N–H and O–H groups in total. The quantitative estimate of drug-likeness (QED) is 0.923. The molecule has 1 saturated carbocycles. The summed E-state index contributed by atoms with van der Waals surface area (Å²) in [6, 6.07) is 6.01. The van der Waals surface area contributed by atoms with Crippen LogP contribution in [0.3, 0.4) is 0 Å². The van der Waals surface area contributed by atoms with Gasteiger partial charge in [0.1, 0.15) is 0 Å². The highest BCUT2D eigenvalue weighted by Crippen LogP contribution is 2.30. The lowest BCUT2D eigenvalue weighted by Gasteiger charge is -2.21. The molecule has 1 aromatic rings. The minimum atomic E-state index is -4.39. The molecular formula is C14H14F3N3O. The number of hydrogen-bond acceptors (Lipinski definition) is 2. The van der Waals surface area contributed by atoms with Gasteiger partial charge in [0, 0.05) is 18.3 Å². The first-order valence-corrected chi connectivity index (χ1v) is 6.53. The molecule has 0 spiro atoms. The summed E-state index contributed by atoms with van der Waals surface area (Å²) in [6.07, 6.45) is -2.37. The number of urea groups is 1. The van der Waals surface area contributed by atoms with E-state index >= 15 is 0 Å². The molecule has 0 radical (unpaired) electrons. The number of halogens is 3. The molecule has 1 fully saturated rings. The molecule has 0 aliphatic heterocycles. The van der Waals surface area contributed by atoms with Crippen LogP contribution in [0.4, 0.5) is 23.7 Å². The first kappa shape index (κ1) is 15.2. The van der Waals surface area contributed by atoms with E-state index in [9.17, 15) is 18.0 Å². The molecule has 1 aliphatic carbocycles. The molecule has 0 saturated heterocycles. The van der Waals surface area contributed by atoms with E-state index in [1.165, 1.54) is 12.1 Å². The van der Waals surface area contributed by atoms with Crippen molar-refractivity contribution < 1.29 is 18.0 Å². The number of alkyl halides is 3. The van der Waals surface area contributed by atoms with Gasteiger partial charge in [0.15, 0.2) is 0 Å². The van der Waals surface area contributed by atoms with E-state index in [0.29, 0.717) is 12.2 Å². The highest BCUT2D eigenvalue weighted by Gasteiger charge is 2.33. The van der Waals surface area contributed by atoms with Gasteiger partial charge in [-0.15, -0.1) is 0 Å². The fourth-order valence-corrected chi connectivity index (χ4v) is 1.94. The zero-order valence-electron chi connectivity index (χ0n) is 11.2. The molecule has 0 atom stereocenters. The molecule has 0 aromatic heterocycles. The van der Waals surface area contributed by atoms with Gasteiger partial charge in [-0.2, -0.15) is 18.4 Å². The summed E-state index contributed by atoms with van der Waals surface area (Å²) < 4.78 is 37.3. The van der Waals surface area contributed by atoms with E-state index in [0.717, 1.165) is 25.0 Å². The molecule has 1 aromatic carbocycles. The maximum absolute atomic E-state index is 12.4. The van der Waals surface area contributed by atoms with Crippen molar-refractivity contribution in [2.45, 2.75) is 31.5 Å². The minimum absolute atomic E-state index is 0.132. The maximum atomic E-state index is 12.4. The van der Waals surface area contributed by atoms with E-state index in [4.69, 9.17) is 5.26 Å². The zero-order valence-corrected chi connectivity index (χ0v) is 11.2. The number of amides is 2. The summed E-state index contributed by atoms with van der Waals surface area (Å²) >= 11 is 0. The molecule has 0 bridgehead atoms. The smallest absolute Gasteiger partial charge is 0.321 e. The van der Waals surface area contributed by atoms with Crippen LogP contribution in [0.15, 0.2) is 24.3 Å². The first-order valence-electron chi connectivity index (χ1n) is 6.53. The van der Waals surface area contributed by atoms with Crippen molar-refractivity contribution >= 4 is 11.7 Å². The number of nitrogens with one attached hydrogen (secondary N) is 1. The second-order valence-electron chi connectivity index (χ2n) is 4.84. The Morgan fingerprint density at radius 2 is 1.95 bits per heavy atom. The fraction of sp³-hybridized carbons (Fsp3) is 0.429. The van der Waals surface area contributed by atoms with Crippen molar-refractivity contribution in [3.63, 3.8) is 0 Å². The van der Waals surface area contributed by atoms with Gasteiger partial charge in [0.05, 0.1) is 18.1 Å². The third kappa shape index (κ3) is 4.12. The van der Waals surface area contributed by atoms with Crippen LogP contribution in [0, 0.1) is 11.3 Å². The molecular weight excluding hydrogens is 283 g/mol. The normalized spacial score (nSPS) is 14.4. The Hall–Kier alpha value is -2.23. The fourth-order valence-electron chi connectivity index (χ4n) is 1.94. The van der Waals surface area contributed by atoms with Crippen LogP contribution in [0.25, 0.3) is 0 Å². The number of nitriles is 1. The van der Waals surface area contributed by atoms with E-state index in [2.05, 4.69) is 5.32 Å². The van der Waals surface area contributed by atoms with Gasteiger partial charge >= 0.3 is 12.2 Å². The second kappa shape index (κ2) is 6.04. The van der Waals surface area contributed by atoms with Crippen LogP contribution < -0.4 is 5.32 Å². The van der Waals surface area contributed by atoms with Crippen molar-refractivity contribution in [1.29, 1.82) is 5.26 Å². The average molecular weight is 297 g/mol. The third-order valence-corrected chi connectivity index (χ3v) is 3.18. The second-order valence-corrected chi connectivity index (χ2v) is 4.84. The number of anilines is 1. The summed E-state index contributed by atoms with van der Waals surface area (Å²) in [6.45, 7) is 0.327. The lowest BCUT2D eigenvalue weighted by atomic mass is 10.2. The summed E-state index contributed by atoms with van der Waals surface area (Å²) in [5, 5.41) is 11.1. The van der Waals surface area contributed by atoms with Gasteiger partial charge in [-0.25, -0.2) is 4.79 Å². The Kier molecular flexibility index (Phi) is 4.36. The Morgan fingerprint density at radius 1 is 1.33 bits per heavy atom. The highest BCUT2D eigenvalue weighted by molar-refractivity contribution is 5.89. The monoisotopic (exact) mass is 297 g/mol. The molecule has 0 heterocycles. The van der Waals surface area contributed by atoms with Crippen molar-refractivity contribution in [3.8, 4) is 6.07 Å². The number of rotatable bonds is 4. The highest BCUT2D eigenvalue weighted by atomic mass is 19.4. The largest absolute Gasteiger partial charge is 0.416 e. The van der Waals surface area contributed by atoms with Gasteiger partial charge in [-0.1, -0.05) is 0 Å². The van der Waals surface area contributed by atoms with E-state index in [-0.39, 0.29) is 18.5 Å². The number of carbonyl (C=O) groups is 1. The molecule has 0 unspecified atom stereocenters. The number of carbonyl (C=O) groups excluding carboxylic acids is 1. The molecule has 7 heteroatoms. The number of nitrogens with zero attached hydrogens (tertiary/aromatic N) is 2. The van der Waals surface area contributed by atoms with Gasteiger partial charge in [0.2, 0.25) is 0 Å². The SMILES string of the molecule is N#CCCN(C(=O)Nc1ccc(C(F)(F)F)cc1)C1CC1. The molecule has 1 aliphatic rings. The van der Waals surface area contributed by atoms with Gasteiger partial charge < -0.3 is 10.2 Å². The Bertz CT molecular complexity index is 544. The molecule has 2 amide bonds. The zero-order chi connectivity index (χ0) is 15.5. The minimum Gasteiger partial charge on any atom is -0.321 e. The van der Waals surface area contributed by atoms with Gasteiger partial charge in [0.25, 0.3) is 0 Å². The van der Waals surface area contributed by atoms with E-state index < -0.39 is 11.7 Å². The van der Waals surface area contributed by atoms with Crippen molar-refractivity contribution in [3.05, 3.63) is 29.8 Å². The van der Waals surface area contributed by atoms with Crippen LogP contribution >= 0.6 is 0 Å². The van der Waals surface area contributed by atoms with Crippen LogP contribution in [-0.2, 0) is 6.18 Å². The molecule has 4 nitrogen and oxygen atoms in total. The molecule has 2 rings (SSSR count). The van der Waals surface area contributed by atoms with Crippen LogP contribution in [0.2, 0.25) is 0 Å². The number of hydrogen-bond donors (Lipinski definition) is 1. The summed E-state index contributed by atoms with van der Waals surface area (Å²) in [5.74, 6) is 0. The summed E-state index contributed by atoms with van der Waals surface area (Å²) in [4.78, 5) is 13.6. The van der Waals surface area contributed by atoms with Crippen LogP contribution in [0.1, 0.15) is 24.8 Å². The Morgan fingerprint density at radius 3 is 2.43 bits per heavy atom. The van der Waals surface area contributed by atoms with Crippen LogP contribution in [0.5, 0.6) is 0 Å². The van der Waals surface area contributed by atoms with Gasteiger partial charge in [-0.3, -0.25) is 0 Å². The maximum Gasteiger partial charge on any atom is 0.416 e. The average Bonchev–Trinajstić information content (AvgIpc) is 3.23. The third-order valence-electron chi connectivity index (χ3n) is 3.18. The van der Waals surface area contributed by atoms with Crippen molar-refractivity contribution in [1.82, 2.24) is 4.90 Å². The van der Waals surface area contributed by atoms with E-state index in [1.54, 1.807) is 4.90 Å². The first-order chi connectivity index (χ1) is 9.91. The molecule has 112 valence electrons. The Labute approximate surface area is 120 Å². The lowest BCUT2D eigenvalue weighted by molar-refractivity contribution is -0.137.